The molecule has 28 heavy (non-hydrogen) atoms. The molecule has 0 saturated carbocycles. The number of carbonyl (C=O) groups is 1. The zero-order chi connectivity index (χ0) is 19.8. The lowest BCUT2D eigenvalue weighted by Crippen LogP contribution is -2.21. The number of rotatable bonds is 5. The van der Waals surface area contributed by atoms with Crippen molar-refractivity contribution < 1.29 is 14.3 Å². The van der Waals surface area contributed by atoms with E-state index in [2.05, 4.69) is 10.1 Å². The molecule has 0 aliphatic heterocycles. The number of aliphatic carboxylic acids is 1. The molecule has 1 aromatic carbocycles. The topological polar surface area (TPSA) is 89.5 Å². The van der Waals surface area contributed by atoms with Gasteiger partial charge < -0.3 is 9.67 Å². The molecule has 4 aromatic rings. The predicted molar refractivity (Wildman–Crippen MR) is 102 cm³/mol. The van der Waals surface area contributed by atoms with Gasteiger partial charge in [0.2, 0.25) is 0 Å². The van der Waals surface area contributed by atoms with Crippen molar-refractivity contribution in [2.45, 2.75) is 26.3 Å². The summed E-state index contributed by atoms with van der Waals surface area (Å²) >= 11 is 0. The van der Waals surface area contributed by atoms with Crippen molar-refractivity contribution >= 4 is 22.5 Å². The first kappa shape index (κ1) is 17.8. The molecule has 0 aliphatic carbocycles. The zero-order valence-electron chi connectivity index (χ0n) is 15.1. The molecular formula is C20H17FN4O3. The molecule has 0 fully saturated rings. The summed E-state index contributed by atoms with van der Waals surface area (Å²) in [5, 5.41) is 13.7. The zero-order valence-corrected chi connectivity index (χ0v) is 15.1. The molecule has 7 nitrogen and oxygen atoms in total. The van der Waals surface area contributed by atoms with Gasteiger partial charge >= 0.3 is 5.97 Å². The average Bonchev–Trinajstić information content (AvgIpc) is 3.00. The minimum absolute atomic E-state index is 0.00113. The van der Waals surface area contributed by atoms with Crippen LogP contribution in [0.1, 0.15) is 18.5 Å². The van der Waals surface area contributed by atoms with Gasteiger partial charge in [-0.05, 0) is 37.1 Å². The first-order valence-corrected chi connectivity index (χ1v) is 8.81. The van der Waals surface area contributed by atoms with Gasteiger partial charge in [-0.2, -0.15) is 5.10 Å². The lowest BCUT2D eigenvalue weighted by molar-refractivity contribution is -0.137. The highest BCUT2D eigenvalue weighted by Crippen LogP contribution is 2.28. The van der Waals surface area contributed by atoms with E-state index < -0.39 is 5.97 Å². The van der Waals surface area contributed by atoms with Crippen molar-refractivity contribution in [2.75, 3.05) is 0 Å². The molecule has 0 spiro atoms. The highest BCUT2D eigenvalue weighted by atomic mass is 19.1. The molecular weight excluding hydrogens is 363 g/mol. The maximum atomic E-state index is 13.3. The summed E-state index contributed by atoms with van der Waals surface area (Å²) < 4.78 is 16.4. The molecule has 0 amide bonds. The van der Waals surface area contributed by atoms with Gasteiger partial charge in [0.1, 0.15) is 5.82 Å². The molecule has 8 heteroatoms. The molecule has 0 unspecified atom stereocenters. The Morgan fingerprint density at radius 2 is 1.96 bits per heavy atom. The highest BCUT2D eigenvalue weighted by Gasteiger charge is 2.16. The van der Waals surface area contributed by atoms with Gasteiger partial charge in [-0.3, -0.25) is 9.59 Å². The summed E-state index contributed by atoms with van der Waals surface area (Å²) in [6, 6.07) is 7.88. The summed E-state index contributed by atoms with van der Waals surface area (Å²) in [5.74, 6) is -1.21. The van der Waals surface area contributed by atoms with E-state index in [4.69, 9.17) is 5.11 Å². The third-order valence-corrected chi connectivity index (χ3v) is 4.68. The van der Waals surface area contributed by atoms with Crippen LogP contribution in [0, 0.1) is 12.7 Å². The SMILES string of the molecule is Cc1nn2c(ncc3c(=O)n(CCCC(=O)O)ccc32)c1-c1ccc(F)cc1. The molecule has 0 radical (unpaired) electrons. The molecule has 0 saturated heterocycles. The molecule has 3 aromatic heterocycles. The predicted octanol–water partition coefficient (Wildman–Crippen LogP) is 3.02. The van der Waals surface area contributed by atoms with Crippen LogP contribution < -0.4 is 5.56 Å². The first-order valence-electron chi connectivity index (χ1n) is 8.81. The van der Waals surface area contributed by atoms with Gasteiger partial charge in [0.15, 0.2) is 5.65 Å². The summed E-state index contributed by atoms with van der Waals surface area (Å²) in [6.07, 6.45) is 3.52. The van der Waals surface area contributed by atoms with Gasteiger partial charge in [-0.25, -0.2) is 13.9 Å². The van der Waals surface area contributed by atoms with Gasteiger partial charge in [0.25, 0.3) is 5.56 Å². The van der Waals surface area contributed by atoms with E-state index in [1.807, 2.05) is 6.92 Å². The second-order valence-corrected chi connectivity index (χ2v) is 6.57. The molecule has 4 rings (SSSR count). The molecule has 3 heterocycles. The molecule has 142 valence electrons. The number of benzene rings is 1. The van der Waals surface area contributed by atoms with Crippen LogP contribution in [0.5, 0.6) is 0 Å². The monoisotopic (exact) mass is 380 g/mol. The maximum absolute atomic E-state index is 13.3. The number of hydrogen-bond acceptors (Lipinski definition) is 4. The number of aryl methyl sites for hydroxylation is 2. The van der Waals surface area contributed by atoms with E-state index in [0.29, 0.717) is 29.5 Å². The number of nitrogens with zero attached hydrogens (tertiary/aromatic N) is 4. The van der Waals surface area contributed by atoms with Crippen LogP contribution in [-0.2, 0) is 11.3 Å². The average molecular weight is 380 g/mol. The van der Waals surface area contributed by atoms with Gasteiger partial charge in [-0.15, -0.1) is 0 Å². The van der Waals surface area contributed by atoms with Crippen molar-refractivity contribution in [1.82, 2.24) is 19.2 Å². The van der Waals surface area contributed by atoms with E-state index >= 15 is 0 Å². The van der Waals surface area contributed by atoms with E-state index in [9.17, 15) is 14.0 Å². The standard InChI is InChI=1S/C20H17FN4O3/c1-12-18(13-4-6-14(21)7-5-13)19-22-11-15-16(25(19)23-12)8-10-24(20(15)28)9-2-3-17(26)27/h4-8,10-11H,2-3,9H2,1H3,(H,26,27). The van der Waals surface area contributed by atoms with Gasteiger partial charge in [0, 0.05) is 30.9 Å². The van der Waals surface area contributed by atoms with Gasteiger partial charge in [-0.1, -0.05) is 12.1 Å². The first-order chi connectivity index (χ1) is 13.5. The number of carboxylic acid groups (broad SMARTS) is 1. The van der Waals surface area contributed by atoms with Crippen molar-refractivity contribution in [3.63, 3.8) is 0 Å². The van der Waals surface area contributed by atoms with Crippen LogP contribution in [0.25, 0.3) is 27.7 Å². The molecule has 0 atom stereocenters. The smallest absolute Gasteiger partial charge is 0.303 e. The summed E-state index contributed by atoms with van der Waals surface area (Å²) in [7, 11) is 0. The Kier molecular flexibility index (Phi) is 4.38. The van der Waals surface area contributed by atoms with E-state index in [1.165, 1.54) is 22.9 Å². The molecule has 0 aliphatic rings. The lowest BCUT2D eigenvalue weighted by atomic mass is 10.1. The molecule has 1 N–H and O–H groups in total. The summed E-state index contributed by atoms with van der Waals surface area (Å²) in [5.41, 5.74) is 3.25. The second kappa shape index (κ2) is 6.88. The van der Waals surface area contributed by atoms with E-state index in [0.717, 1.165) is 16.8 Å². The fourth-order valence-corrected chi connectivity index (χ4v) is 3.35. The third kappa shape index (κ3) is 3.02. The number of fused-ring (bicyclic) bond motifs is 3. The second-order valence-electron chi connectivity index (χ2n) is 6.57. The number of halogens is 1. The third-order valence-electron chi connectivity index (χ3n) is 4.68. The van der Waals surface area contributed by atoms with Crippen LogP contribution in [0.15, 0.2) is 47.5 Å². The number of pyridine rings is 1. The van der Waals surface area contributed by atoms with Crippen molar-refractivity contribution in [2.24, 2.45) is 0 Å². The van der Waals surface area contributed by atoms with Crippen LogP contribution in [0.2, 0.25) is 0 Å². The van der Waals surface area contributed by atoms with Crippen molar-refractivity contribution in [1.29, 1.82) is 0 Å². The van der Waals surface area contributed by atoms with Crippen molar-refractivity contribution in [3.8, 4) is 11.1 Å². The maximum Gasteiger partial charge on any atom is 0.303 e. The Balaban J connectivity index is 1.83. The van der Waals surface area contributed by atoms with Crippen LogP contribution in [0.3, 0.4) is 0 Å². The fourth-order valence-electron chi connectivity index (χ4n) is 3.35. The molecule has 0 bridgehead atoms. The Bertz CT molecular complexity index is 1260. The summed E-state index contributed by atoms with van der Waals surface area (Å²) in [4.78, 5) is 27.9. The number of hydrogen-bond donors (Lipinski definition) is 1. The van der Waals surface area contributed by atoms with E-state index in [-0.39, 0.29) is 17.8 Å². The van der Waals surface area contributed by atoms with Crippen LogP contribution in [-0.4, -0.2) is 30.2 Å². The largest absolute Gasteiger partial charge is 0.481 e. The summed E-state index contributed by atoms with van der Waals surface area (Å²) in [6.45, 7) is 2.16. The minimum Gasteiger partial charge on any atom is -0.481 e. The fraction of sp³-hybridized carbons (Fsp3) is 0.200. The van der Waals surface area contributed by atoms with Crippen LogP contribution >= 0.6 is 0 Å². The minimum atomic E-state index is -0.891. The Labute approximate surface area is 158 Å². The van der Waals surface area contributed by atoms with Crippen molar-refractivity contribution in [3.05, 3.63) is 64.6 Å². The van der Waals surface area contributed by atoms with Crippen LogP contribution in [0.4, 0.5) is 4.39 Å². The Morgan fingerprint density at radius 1 is 1.21 bits per heavy atom. The number of aromatic nitrogens is 4. The number of carboxylic acids is 1. The highest BCUT2D eigenvalue weighted by molar-refractivity contribution is 5.86. The lowest BCUT2D eigenvalue weighted by Gasteiger charge is -2.07. The van der Waals surface area contributed by atoms with E-state index in [1.54, 1.807) is 28.9 Å². The quantitative estimate of drug-likeness (QED) is 0.575. The van der Waals surface area contributed by atoms with Gasteiger partial charge in [0.05, 0.1) is 16.6 Å². The Morgan fingerprint density at radius 3 is 2.68 bits per heavy atom. The normalized spacial score (nSPS) is 11.4. The Hall–Kier alpha value is -3.55.